The fourth-order valence-corrected chi connectivity index (χ4v) is 3.42. The zero-order valence-electron chi connectivity index (χ0n) is 18.6. The zero-order valence-corrected chi connectivity index (χ0v) is 18.6. The summed E-state index contributed by atoms with van der Waals surface area (Å²) in [6.07, 6.45) is 3.31. The van der Waals surface area contributed by atoms with Crippen LogP contribution < -0.4 is 10.6 Å². The lowest BCUT2D eigenvalue weighted by atomic mass is 10.1. The van der Waals surface area contributed by atoms with E-state index in [2.05, 4.69) is 39.6 Å². The third-order valence-electron chi connectivity index (χ3n) is 4.94. The van der Waals surface area contributed by atoms with Gasteiger partial charge in [0.1, 0.15) is 5.82 Å². The smallest absolute Gasteiger partial charge is 0.315 e. The van der Waals surface area contributed by atoms with Gasteiger partial charge >= 0.3 is 6.01 Å². The number of nitrogens with one attached hydrogen (secondary N) is 2. The molecule has 3 rings (SSSR count). The maximum atomic E-state index is 13.8. The Kier molecular flexibility index (Phi) is 8.74. The number of amides is 1. The van der Waals surface area contributed by atoms with Crippen LogP contribution in [0.5, 0.6) is 0 Å². The highest BCUT2D eigenvalue weighted by Crippen LogP contribution is 2.22. The summed E-state index contributed by atoms with van der Waals surface area (Å²) in [5.41, 5.74) is 1.27. The van der Waals surface area contributed by atoms with Gasteiger partial charge in [-0.1, -0.05) is 31.1 Å². The molecule has 7 nitrogen and oxygen atoms in total. The molecule has 32 heavy (non-hydrogen) atoms. The van der Waals surface area contributed by atoms with Crippen molar-refractivity contribution in [3.05, 3.63) is 59.9 Å². The lowest BCUT2D eigenvalue weighted by molar-refractivity contribution is 0.102. The average Bonchev–Trinajstić information content (AvgIpc) is 3.26. The number of rotatable bonds is 12. The zero-order chi connectivity index (χ0) is 22.8. The van der Waals surface area contributed by atoms with Gasteiger partial charge in [-0.25, -0.2) is 4.39 Å². The third-order valence-corrected chi connectivity index (χ3v) is 4.94. The lowest BCUT2D eigenvalue weighted by Crippen LogP contribution is -2.27. The minimum atomic E-state index is -0.559. The second-order valence-electron chi connectivity index (χ2n) is 7.55. The van der Waals surface area contributed by atoms with Gasteiger partial charge in [-0.3, -0.25) is 4.79 Å². The Morgan fingerprint density at radius 3 is 2.41 bits per heavy atom. The van der Waals surface area contributed by atoms with E-state index in [1.165, 1.54) is 12.1 Å². The fraction of sp³-hybridized carbons (Fsp3) is 0.375. The summed E-state index contributed by atoms with van der Waals surface area (Å²) in [7, 11) is 0. The molecule has 3 aromatic rings. The molecule has 1 amide bonds. The molecule has 2 aromatic carbocycles. The maximum Gasteiger partial charge on any atom is 0.315 e. The van der Waals surface area contributed by atoms with Gasteiger partial charge in [0, 0.05) is 17.8 Å². The number of benzene rings is 2. The Bertz CT molecular complexity index is 984. The van der Waals surface area contributed by atoms with Crippen LogP contribution in [0.15, 0.2) is 52.9 Å². The van der Waals surface area contributed by atoms with Gasteiger partial charge in [0.25, 0.3) is 5.91 Å². The Morgan fingerprint density at radius 2 is 1.72 bits per heavy atom. The number of carbonyl (C=O) groups is 1. The van der Waals surface area contributed by atoms with Crippen LogP contribution in [0.2, 0.25) is 0 Å². The molecule has 0 spiro atoms. The monoisotopic (exact) mass is 439 g/mol. The molecule has 2 N–H and O–H groups in total. The van der Waals surface area contributed by atoms with Crippen molar-refractivity contribution in [3.63, 3.8) is 0 Å². The van der Waals surface area contributed by atoms with Gasteiger partial charge in [0.05, 0.1) is 5.56 Å². The summed E-state index contributed by atoms with van der Waals surface area (Å²) in [6, 6.07) is 13.2. The van der Waals surface area contributed by atoms with Crippen molar-refractivity contribution in [1.82, 2.24) is 15.1 Å². The second-order valence-corrected chi connectivity index (χ2v) is 7.55. The Hall–Kier alpha value is -3.26. The predicted octanol–water partition coefficient (Wildman–Crippen LogP) is 5.05. The number of nitrogens with zero attached hydrogens (tertiary/aromatic N) is 3. The fourth-order valence-electron chi connectivity index (χ4n) is 3.42. The molecule has 8 heteroatoms. The minimum absolute atomic E-state index is 0.00305. The van der Waals surface area contributed by atoms with Crippen molar-refractivity contribution < 1.29 is 13.6 Å². The first-order valence-electron chi connectivity index (χ1n) is 11.1. The first-order valence-corrected chi connectivity index (χ1v) is 11.1. The average molecular weight is 440 g/mol. The molecule has 1 heterocycles. The van der Waals surface area contributed by atoms with Crippen LogP contribution >= 0.6 is 0 Å². The highest BCUT2D eigenvalue weighted by molar-refractivity contribution is 6.04. The molecular weight excluding hydrogens is 409 g/mol. The topological polar surface area (TPSA) is 83.3 Å². The van der Waals surface area contributed by atoms with Gasteiger partial charge in [0.2, 0.25) is 5.89 Å². The summed E-state index contributed by atoms with van der Waals surface area (Å²) < 4.78 is 19.4. The normalized spacial score (nSPS) is 11.0. The van der Waals surface area contributed by atoms with Crippen LogP contribution in [0.1, 0.15) is 43.5 Å². The Labute approximate surface area is 188 Å². The molecule has 0 radical (unpaired) electrons. The molecule has 0 fully saturated rings. The van der Waals surface area contributed by atoms with E-state index in [1.54, 1.807) is 36.4 Å². The molecular formula is C24H30FN5O2. The van der Waals surface area contributed by atoms with Crippen LogP contribution in [-0.2, 0) is 0 Å². The van der Waals surface area contributed by atoms with E-state index in [9.17, 15) is 9.18 Å². The molecule has 170 valence electrons. The number of aromatic nitrogens is 2. The van der Waals surface area contributed by atoms with Crippen molar-refractivity contribution in [3.8, 4) is 11.5 Å². The number of halogens is 1. The largest absolute Gasteiger partial charge is 0.403 e. The summed E-state index contributed by atoms with van der Waals surface area (Å²) in [4.78, 5) is 14.7. The van der Waals surface area contributed by atoms with Gasteiger partial charge in [-0.15, -0.1) is 5.10 Å². The molecule has 0 aliphatic rings. The van der Waals surface area contributed by atoms with Crippen LogP contribution in [0, 0.1) is 5.82 Å². The molecule has 1 aromatic heterocycles. The van der Waals surface area contributed by atoms with Crippen LogP contribution in [0.25, 0.3) is 11.5 Å². The molecule has 0 saturated carbocycles. The van der Waals surface area contributed by atoms with E-state index in [0.29, 0.717) is 17.6 Å². The maximum absolute atomic E-state index is 13.8. The lowest BCUT2D eigenvalue weighted by Gasteiger charge is -2.20. The van der Waals surface area contributed by atoms with Crippen LogP contribution in [0.3, 0.4) is 0 Å². The van der Waals surface area contributed by atoms with Crippen molar-refractivity contribution in [2.75, 3.05) is 36.8 Å². The highest BCUT2D eigenvalue weighted by Gasteiger charge is 2.12. The first kappa shape index (κ1) is 23.4. The van der Waals surface area contributed by atoms with E-state index in [-0.39, 0.29) is 5.56 Å². The summed E-state index contributed by atoms with van der Waals surface area (Å²) in [5.74, 6) is -0.675. The molecule has 0 unspecified atom stereocenters. The van der Waals surface area contributed by atoms with Crippen molar-refractivity contribution in [2.45, 2.75) is 33.1 Å². The molecule has 0 saturated heterocycles. The Morgan fingerprint density at radius 1 is 1.00 bits per heavy atom. The summed E-state index contributed by atoms with van der Waals surface area (Å²) >= 11 is 0. The quantitative estimate of drug-likeness (QED) is 0.384. The van der Waals surface area contributed by atoms with Gasteiger partial charge < -0.3 is 20.0 Å². The molecule has 0 atom stereocenters. The van der Waals surface area contributed by atoms with Gasteiger partial charge in [0.15, 0.2) is 0 Å². The number of anilines is 2. The first-order chi connectivity index (χ1) is 15.6. The summed E-state index contributed by atoms with van der Waals surface area (Å²) in [6.45, 7) is 8.43. The highest BCUT2D eigenvalue weighted by atomic mass is 19.1. The molecule has 0 aliphatic heterocycles. The van der Waals surface area contributed by atoms with Gasteiger partial charge in [-0.2, -0.15) is 0 Å². The van der Waals surface area contributed by atoms with Crippen molar-refractivity contribution in [1.29, 1.82) is 0 Å². The van der Waals surface area contributed by atoms with E-state index < -0.39 is 11.7 Å². The van der Waals surface area contributed by atoms with Crippen LogP contribution in [0.4, 0.5) is 16.1 Å². The predicted molar refractivity (Wildman–Crippen MR) is 124 cm³/mol. The van der Waals surface area contributed by atoms with E-state index in [1.807, 2.05) is 0 Å². The molecule has 0 bridgehead atoms. The number of carbonyl (C=O) groups excluding carboxylic acids is 1. The summed E-state index contributed by atoms with van der Waals surface area (Å²) in [5, 5.41) is 14.0. The van der Waals surface area contributed by atoms with Crippen molar-refractivity contribution >= 4 is 17.6 Å². The molecule has 0 aliphatic carbocycles. The van der Waals surface area contributed by atoms with Crippen molar-refractivity contribution in [2.24, 2.45) is 0 Å². The minimum Gasteiger partial charge on any atom is -0.403 e. The van der Waals surface area contributed by atoms with E-state index in [4.69, 9.17) is 4.42 Å². The van der Waals surface area contributed by atoms with Gasteiger partial charge in [-0.05, 0) is 75.3 Å². The Balaban J connectivity index is 1.50. The third kappa shape index (κ3) is 6.62. The van der Waals surface area contributed by atoms with E-state index >= 15 is 0 Å². The SMILES string of the molecule is CCCN(CCC)CCCNc1nnc(-c2ccc(NC(=O)c3ccccc3F)cc2)o1. The standard InChI is InChI=1S/C24H30FN5O2/c1-3-15-30(16-4-2)17-7-14-26-24-29-28-23(32-24)18-10-12-19(13-11-18)27-22(31)20-8-5-6-9-21(20)25/h5-6,8-13H,3-4,7,14-17H2,1-2H3,(H,26,29)(H,27,31). The number of hydrogen-bond donors (Lipinski definition) is 2. The number of hydrogen-bond acceptors (Lipinski definition) is 6. The van der Waals surface area contributed by atoms with Crippen LogP contribution in [-0.4, -0.2) is 47.2 Å². The second kappa shape index (κ2) is 12.0. The van der Waals surface area contributed by atoms with E-state index in [0.717, 1.165) is 51.0 Å².